The number of carboxylic acid groups (broad SMARTS) is 1. The topological polar surface area (TPSA) is 79.3 Å². The number of amides is 1. The Labute approximate surface area is 123 Å². The van der Waals surface area contributed by atoms with Gasteiger partial charge in [0.1, 0.15) is 11.4 Å². The van der Waals surface area contributed by atoms with Gasteiger partial charge in [0.2, 0.25) is 0 Å². The zero-order valence-corrected chi connectivity index (χ0v) is 11.9. The summed E-state index contributed by atoms with van der Waals surface area (Å²) in [7, 11) is 0. The second-order valence-corrected chi connectivity index (χ2v) is 4.94. The minimum absolute atomic E-state index is 0.0832. The maximum absolute atomic E-state index is 11.9. The van der Waals surface area contributed by atoms with Crippen LogP contribution in [0.3, 0.4) is 0 Å². The van der Waals surface area contributed by atoms with Crippen LogP contribution in [0.5, 0.6) is 0 Å². The number of carbonyl (C=O) groups excluding carboxylic acids is 1. The summed E-state index contributed by atoms with van der Waals surface area (Å²) in [4.78, 5) is 26.5. The van der Waals surface area contributed by atoms with E-state index in [4.69, 9.17) is 5.11 Å². The molecule has 20 heavy (non-hydrogen) atoms. The van der Waals surface area contributed by atoms with Crippen LogP contribution in [-0.4, -0.2) is 22.0 Å². The second-order valence-electron chi connectivity index (χ2n) is 4.03. The molecule has 0 atom stereocenters. The number of carboxylic acids is 1. The number of rotatable bonds is 4. The van der Waals surface area contributed by atoms with Gasteiger partial charge in [-0.05, 0) is 29.8 Å². The van der Waals surface area contributed by atoms with Crippen LogP contribution in [0, 0.1) is 0 Å². The minimum atomic E-state index is -1.16. The summed E-state index contributed by atoms with van der Waals surface area (Å²) >= 11 is 3.35. The Bertz CT molecular complexity index is 658. The van der Waals surface area contributed by atoms with Crippen molar-refractivity contribution in [3.8, 4) is 0 Å². The smallest absolute Gasteiger partial charge is 0.354 e. The second kappa shape index (κ2) is 6.29. The number of pyridine rings is 1. The third-order valence-electron chi connectivity index (χ3n) is 2.54. The van der Waals surface area contributed by atoms with Crippen LogP contribution in [-0.2, 0) is 6.54 Å². The maximum atomic E-state index is 11.9. The lowest BCUT2D eigenvalue weighted by molar-refractivity contribution is 0.0690. The number of aromatic nitrogens is 1. The van der Waals surface area contributed by atoms with Crippen LogP contribution < -0.4 is 5.32 Å². The summed E-state index contributed by atoms with van der Waals surface area (Å²) in [5.41, 5.74) is 0.863. The first-order valence-electron chi connectivity index (χ1n) is 5.79. The predicted octanol–water partition coefficient (Wildman–Crippen LogP) is 2.47. The van der Waals surface area contributed by atoms with Crippen molar-refractivity contribution in [3.05, 3.63) is 63.9 Å². The average molecular weight is 335 g/mol. The average Bonchev–Trinajstić information content (AvgIpc) is 2.45. The summed E-state index contributed by atoms with van der Waals surface area (Å²) in [6, 6.07) is 11.8. The van der Waals surface area contributed by atoms with Crippen molar-refractivity contribution < 1.29 is 14.7 Å². The fourth-order valence-corrected chi connectivity index (χ4v) is 2.05. The molecule has 0 unspecified atom stereocenters. The number of benzene rings is 1. The van der Waals surface area contributed by atoms with Crippen molar-refractivity contribution in [3.63, 3.8) is 0 Å². The van der Waals surface area contributed by atoms with Gasteiger partial charge in [0.15, 0.2) is 0 Å². The molecule has 0 aliphatic carbocycles. The molecule has 1 aromatic carbocycles. The molecule has 0 spiro atoms. The van der Waals surface area contributed by atoms with Crippen LogP contribution in [0.15, 0.2) is 46.9 Å². The number of hydrogen-bond acceptors (Lipinski definition) is 3. The molecule has 5 nitrogen and oxygen atoms in total. The number of nitrogens with zero attached hydrogens (tertiary/aromatic N) is 1. The number of halogens is 1. The Morgan fingerprint density at radius 2 is 1.85 bits per heavy atom. The minimum Gasteiger partial charge on any atom is -0.477 e. The zero-order valence-electron chi connectivity index (χ0n) is 10.3. The normalized spacial score (nSPS) is 10.1. The van der Waals surface area contributed by atoms with Crippen LogP contribution in [0.4, 0.5) is 0 Å². The summed E-state index contributed by atoms with van der Waals surface area (Å²) in [6.07, 6.45) is 0. The highest BCUT2D eigenvalue weighted by atomic mass is 79.9. The maximum Gasteiger partial charge on any atom is 0.354 e. The van der Waals surface area contributed by atoms with Gasteiger partial charge >= 0.3 is 5.97 Å². The van der Waals surface area contributed by atoms with Crippen molar-refractivity contribution in [1.29, 1.82) is 0 Å². The molecule has 0 radical (unpaired) electrons. The Hall–Kier alpha value is -2.21. The molecule has 2 rings (SSSR count). The molecule has 1 aromatic heterocycles. The third kappa shape index (κ3) is 3.64. The lowest BCUT2D eigenvalue weighted by Crippen LogP contribution is -2.24. The van der Waals surface area contributed by atoms with Gasteiger partial charge in [-0.3, -0.25) is 4.79 Å². The van der Waals surface area contributed by atoms with E-state index in [-0.39, 0.29) is 11.4 Å². The Balaban J connectivity index is 2.05. The van der Waals surface area contributed by atoms with Crippen molar-refractivity contribution in [1.82, 2.24) is 10.3 Å². The van der Waals surface area contributed by atoms with Crippen molar-refractivity contribution in [2.24, 2.45) is 0 Å². The van der Waals surface area contributed by atoms with Gasteiger partial charge < -0.3 is 10.4 Å². The van der Waals surface area contributed by atoms with E-state index in [0.717, 1.165) is 10.0 Å². The summed E-state index contributed by atoms with van der Waals surface area (Å²) in [5, 5.41) is 11.5. The van der Waals surface area contributed by atoms with E-state index in [2.05, 4.69) is 26.2 Å². The molecule has 1 amide bonds. The van der Waals surface area contributed by atoms with Gasteiger partial charge in [0, 0.05) is 11.0 Å². The van der Waals surface area contributed by atoms with E-state index in [1.54, 1.807) is 0 Å². The fraction of sp³-hybridized carbons (Fsp3) is 0.0714. The Morgan fingerprint density at radius 3 is 2.55 bits per heavy atom. The molecular weight excluding hydrogens is 324 g/mol. The highest BCUT2D eigenvalue weighted by Gasteiger charge is 2.10. The van der Waals surface area contributed by atoms with Crippen molar-refractivity contribution in [2.75, 3.05) is 0 Å². The molecule has 102 valence electrons. The van der Waals surface area contributed by atoms with E-state index in [9.17, 15) is 9.59 Å². The van der Waals surface area contributed by atoms with Crippen molar-refractivity contribution >= 4 is 27.8 Å². The molecule has 2 aromatic rings. The van der Waals surface area contributed by atoms with Gasteiger partial charge in [0.25, 0.3) is 5.91 Å². The molecule has 0 aliphatic heterocycles. The lowest BCUT2D eigenvalue weighted by Gasteiger charge is -2.05. The summed E-state index contributed by atoms with van der Waals surface area (Å²) in [5.74, 6) is -1.57. The third-order valence-corrected chi connectivity index (χ3v) is 3.04. The molecule has 0 saturated heterocycles. The first-order chi connectivity index (χ1) is 9.56. The quantitative estimate of drug-likeness (QED) is 0.900. The fourth-order valence-electron chi connectivity index (χ4n) is 1.60. The molecule has 0 bridgehead atoms. The van der Waals surface area contributed by atoms with Crippen LogP contribution >= 0.6 is 15.9 Å². The van der Waals surface area contributed by atoms with Gasteiger partial charge in [0.05, 0.1) is 0 Å². The van der Waals surface area contributed by atoms with Crippen molar-refractivity contribution in [2.45, 2.75) is 6.54 Å². The molecule has 0 saturated carbocycles. The molecule has 6 heteroatoms. The molecule has 1 heterocycles. The highest BCUT2D eigenvalue weighted by Crippen LogP contribution is 2.11. The van der Waals surface area contributed by atoms with E-state index in [0.29, 0.717) is 6.54 Å². The number of hydrogen-bond donors (Lipinski definition) is 2. The number of nitrogens with one attached hydrogen (secondary N) is 1. The Morgan fingerprint density at radius 1 is 1.15 bits per heavy atom. The van der Waals surface area contributed by atoms with Gasteiger partial charge in [-0.1, -0.05) is 34.1 Å². The number of aromatic carboxylic acids is 1. The zero-order chi connectivity index (χ0) is 14.5. The van der Waals surface area contributed by atoms with Gasteiger partial charge in [-0.25, -0.2) is 9.78 Å². The summed E-state index contributed by atoms with van der Waals surface area (Å²) in [6.45, 7) is 0.344. The SMILES string of the molecule is O=C(O)c1cccc(C(=O)NCc2cccc(Br)c2)n1. The van der Waals surface area contributed by atoms with Crippen LogP contribution in [0.1, 0.15) is 26.5 Å². The van der Waals surface area contributed by atoms with E-state index >= 15 is 0 Å². The largest absolute Gasteiger partial charge is 0.477 e. The standard InChI is InChI=1S/C14H11BrN2O3/c15-10-4-1-3-9(7-10)8-16-13(18)11-5-2-6-12(17-11)14(19)20/h1-7H,8H2,(H,16,18)(H,19,20). The van der Waals surface area contributed by atoms with Crippen LogP contribution in [0.25, 0.3) is 0 Å². The highest BCUT2D eigenvalue weighted by molar-refractivity contribution is 9.10. The Kier molecular flexibility index (Phi) is 4.47. The van der Waals surface area contributed by atoms with E-state index < -0.39 is 11.9 Å². The summed E-state index contributed by atoms with van der Waals surface area (Å²) < 4.78 is 0.926. The molecule has 2 N–H and O–H groups in total. The van der Waals surface area contributed by atoms with E-state index in [1.807, 2.05) is 24.3 Å². The molecule has 0 aliphatic rings. The number of carbonyl (C=O) groups is 2. The molecule has 0 fully saturated rings. The first kappa shape index (κ1) is 14.2. The monoisotopic (exact) mass is 334 g/mol. The first-order valence-corrected chi connectivity index (χ1v) is 6.58. The van der Waals surface area contributed by atoms with Crippen LogP contribution in [0.2, 0.25) is 0 Å². The lowest BCUT2D eigenvalue weighted by atomic mass is 10.2. The molecular formula is C14H11BrN2O3. The van der Waals surface area contributed by atoms with Gasteiger partial charge in [-0.2, -0.15) is 0 Å². The van der Waals surface area contributed by atoms with E-state index in [1.165, 1.54) is 18.2 Å². The van der Waals surface area contributed by atoms with Gasteiger partial charge in [-0.15, -0.1) is 0 Å². The predicted molar refractivity (Wildman–Crippen MR) is 76.5 cm³/mol.